The van der Waals surface area contributed by atoms with E-state index < -0.39 is 12.0 Å². The molecule has 15 heavy (non-hydrogen) atoms. The van der Waals surface area contributed by atoms with Crippen LogP contribution in [0.2, 0.25) is 0 Å². The van der Waals surface area contributed by atoms with E-state index in [1.165, 1.54) is 6.07 Å². The molecule has 0 aliphatic rings. The van der Waals surface area contributed by atoms with Gasteiger partial charge in [0.05, 0.1) is 0 Å². The first-order valence-corrected chi connectivity index (χ1v) is 5.01. The maximum atomic E-state index is 12.8. The van der Waals surface area contributed by atoms with E-state index in [0.29, 0.717) is 3.57 Å². The Bertz CT molecular complexity index is 362. The SMILES string of the molecule is Cl.N[C@@H](Cc1ccc(F)c(I)c1)C(=O)O. The first-order valence-electron chi connectivity index (χ1n) is 3.93. The third kappa shape index (κ3) is 4.31. The first kappa shape index (κ1) is 14.6. The molecule has 3 nitrogen and oxygen atoms in total. The van der Waals surface area contributed by atoms with Crippen molar-refractivity contribution in [1.82, 2.24) is 0 Å². The van der Waals surface area contributed by atoms with Crippen molar-refractivity contribution in [1.29, 1.82) is 0 Å². The minimum atomic E-state index is -1.05. The summed E-state index contributed by atoms with van der Waals surface area (Å²) in [4.78, 5) is 10.5. The molecule has 1 atom stereocenters. The Morgan fingerprint density at radius 3 is 2.67 bits per heavy atom. The molecule has 0 aromatic heterocycles. The molecule has 1 aromatic carbocycles. The molecule has 1 rings (SSSR count). The van der Waals surface area contributed by atoms with E-state index in [0.717, 1.165) is 5.56 Å². The summed E-state index contributed by atoms with van der Waals surface area (Å²) >= 11 is 1.85. The number of hydrogen-bond acceptors (Lipinski definition) is 2. The maximum absolute atomic E-state index is 12.8. The number of nitrogens with two attached hydrogens (primary N) is 1. The van der Waals surface area contributed by atoms with Gasteiger partial charge in [0, 0.05) is 3.57 Å². The molecular formula is C9H10ClFINO2. The predicted molar refractivity (Wildman–Crippen MR) is 65.7 cm³/mol. The minimum Gasteiger partial charge on any atom is -0.480 e. The lowest BCUT2D eigenvalue weighted by Crippen LogP contribution is -2.32. The fourth-order valence-corrected chi connectivity index (χ4v) is 1.59. The van der Waals surface area contributed by atoms with Gasteiger partial charge in [-0.05, 0) is 46.7 Å². The normalized spacial score (nSPS) is 11.7. The van der Waals surface area contributed by atoms with Gasteiger partial charge >= 0.3 is 5.97 Å². The van der Waals surface area contributed by atoms with Gasteiger partial charge in [0.25, 0.3) is 0 Å². The quantitative estimate of drug-likeness (QED) is 0.821. The monoisotopic (exact) mass is 345 g/mol. The van der Waals surface area contributed by atoms with Gasteiger partial charge in [0.15, 0.2) is 0 Å². The van der Waals surface area contributed by atoms with Gasteiger partial charge in [-0.15, -0.1) is 12.4 Å². The highest BCUT2D eigenvalue weighted by Gasteiger charge is 2.12. The van der Waals surface area contributed by atoms with Crippen LogP contribution >= 0.6 is 35.0 Å². The number of halogens is 3. The molecule has 0 aliphatic carbocycles. The fourth-order valence-electron chi connectivity index (χ4n) is 1.01. The van der Waals surface area contributed by atoms with E-state index in [-0.39, 0.29) is 24.6 Å². The second-order valence-electron chi connectivity index (χ2n) is 2.90. The van der Waals surface area contributed by atoms with Crippen molar-refractivity contribution in [2.45, 2.75) is 12.5 Å². The molecule has 1 aromatic rings. The zero-order valence-electron chi connectivity index (χ0n) is 7.61. The third-order valence-corrected chi connectivity index (χ3v) is 2.58. The Morgan fingerprint density at radius 2 is 2.20 bits per heavy atom. The van der Waals surface area contributed by atoms with Crippen molar-refractivity contribution in [3.8, 4) is 0 Å². The third-order valence-electron chi connectivity index (χ3n) is 1.76. The number of aliphatic carboxylic acids is 1. The topological polar surface area (TPSA) is 63.3 Å². The van der Waals surface area contributed by atoms with Gasteiger partial charge in [0.2, 0.25) is 0 Å². The van der Waals surface area contributed by atoms with Crippen molar-refractivity contribution in [3.05, 3.63) is 33.1 Å². The highest BCUT2D eigenvalue weighted by molar-refractivity contribution is 14.1. The van der Waals surface area contributed by atoms with Crippen LogP contribution in [0.4, 0.5) is 4.39 Å². The van der Waals surface area contributed by atoms with Gasteiger partial charge in [0.1, 0.15) is 11.9 Å². The van der Waals surface area contributed by atoms with E-state index in [2.05, 4.69) is 0 Å². The van der Waals surface area contributed by atoms with Crippen LogP contribution in [0.25, 0.3) is 0 Å². The van der Waals surface area contributed by atoms with Crippen molar-refractivity contribution >= 4 is 41.0 Å². The van der Waals surface area contributed by atoms with Crippen LogP contribution in [0.15, 0.2) is 18.2 Å². The average molecular weight is 346 g/mol. The predicted octanol–water partition coefficient (Wildman–Crippen LogP) is 1.81. The van der Waals surface area contributed by atoms with Crippen molar-refractivity contribution in [3.63, 3.8) is 0 Å². The van der Waals surface area contributed by atoms with Crippen LogP contribution in [0.1, 0.15) is 5.56 Å². The lowest BCUT2D eigenvalue weighted by atomic mass is 10.1. The molecule has 0 radical (unpaired) electrons. The first-order chi connectivity index (χ1) is 6.50. The summed E-state index contributed by atoms with van der Waals surface area (Å²) < 4.78 is 13.3. The standard InChI is InChI=1S/C9H9FINO2.ClH/c10-6-2-1-5(3-7(6)11)4-8(12)9(13)14;/h1-3,8H,4,12H2,(H,13,14);1H/t8-;/m0./s1. The summed E-state index contributed by atoms with van der Waals surface area (Å²) in [6.07, 6.45) is 0.214. The zero-order chi connectivity index (χ0) is 10.7. The maximum Gasteiger partial charge on any atom is 0.320 e. The second-order valence-corrected chi connectivity index (χ2v) is 4.06. The Kier molecular flexibility index (Phi) is 6.07. The van der Waals surface area contributed by atoms with Crippen LogP contribution in [-0.2, 0) is 11.2 Å². The lowest BCUT2D eigenvalue weighted by molar-refractivity contribution is -0.138. The number of carboxylic acids is 1. The second kappa shape index (κ2) is 6.24. The summed E-state index contributed by atoms with van der Waals surface area (Å²) in [7, 11) is 0. The van der Waals surface area contributed by atoms with Crippen molar-refractivity contribution < 1.29 is 14.3 Å². The molecule has 6 heteroatoms. The highest BCUT2D eigenvalue weighted by Crippen LogP contribution is 2.13. The van der Waals surface area contributed by atoms with E-state index in [9.17, 15) is 9.18 Å². The van der Waals surface area contributed by atoms with E-state index in [4.69, 9.17) is 10.8 Å². The number of rotatable bonds is 3. The lowest BCUT2D eigenvalue weighted by Gasteiger charge is -2.06. The summed E-state index contributed by atoms with van der Waals surface area (Å²) in [5.74, 6) is -1.36. The molecule has 3 N–H and O–H groups in total. The van der Waals surface area contributed by atoms with Crippen molar-refractivity contribution in [2.24, 2.45) is 5.73 Å². The fraction of sp³-hybridized carbons (Fsp3) is 0.222. The Hall–Kier alpha value is -0.400. The molecule has 0 saturated heterocycles. The van der Waals surface area contributed by atoms with Gasteiger partial charge in [-0.1, -0.05) is 6.07 Å². The summed E-state index contributed by atoms with van der Waals surface area (Å²) in [6, 6.07) is 3.52. The molecule has 0 aliphatic heterocycles. The largest absolute Gasteiger partial charge is 0.480 e. The summed E-state index contributed by atoms with van der Waals surface area (Å²) in [5.41, 5.74) is 6.07. The van der Waals surface area contributed by atoms with Gasteiger partial charge in [-0.2, -0.15) is 0 Å². The molecule has 84 valence electrons. The van der Waals surface area contributed by atoms with E-state index in [1.54, 1.807) is 12.1 Å². The average Bonchev–Trinajstić information content (AvgIpc) is 2.11. The van der Waals surface area contributed by atoms with E-state index in [1.807, 2.05) is 22.6 Å². The van der Waals surface area contributed by atoms with Crippen LogP contribution in [-0.4, -0.2) is 17.1 Å². The molecule has 0 unspecified atom stereocenters. The highest BCUT2D eigenvalue weighted by atomic mass is 127. The number of benzene rings is 1. The zero-order valence-corrected chi connectivity index (χ0v) is 10.6. The van der Waals surface area contributed by atoms with Gasteiger partial charge in [-0.25, -0.2) is 4.39 Å². The molecule has 0 fully saturated rings. The number of hydrogen-bond donors (Lipinski definition) is 2. The summed E-state index contributed by atoms with van der Waals surface area (Å²) in [5, 5.41) is 8.57. The molecular weight excluding hydrogens is 335 g/mol. The molecule has 0 saturated carbocycles. The van der Waals surface area contributed by atoms with Crippen LogP contribution in [0, 0.1) is 9.39 Å². The molecule has 0 amide bonds. The van der Waals surface area contributed by atoms with Crippen LogP contribution < -0.4 is 5.73 Å². The minimum absolute atomic E-state index is 0. The number of carbonyl (C=O) groups is 1. The van der Waals surface area contributed by atoms with Crippen LogP contribution in [0.3, 0.4) is 0 Å². The molecule has 0 spiro atoms. The smallest absolute Gasteiger partial charge is 0.320 e. The van der Waals surface area contributed by atoms with Crippen molar-refractivity contribution in [2.75, 3.05) is 0 Å². The van der Waals surface area contributed by atoms with E-state index >= 15 is 0 Å². The Balaban J connectivity index is 0.00000196. The van der Waals surface area contributed by atoms with Gasteiger partial charge < -0.3 is 10.8 Å². The van der Waals surface area contributed by atoms with Gasteiger partial charge in [-0.3, -0.25) is 4.79 Å². The van der Waals surface area contributed by atoms with Crippen LogP contribution in [0.5, 0.6) is 0 Å². The molecule has 0 heterocycles. The summed E-state index contributed by atoms with van der Waals surface area (Å²) in [6.45, 7) is 0. The Labute approximate surface area is 106 Å². The number of carboxylic acid groups (broad SMARTS) is 1. The Morgan fingerprint density at radius 1 is 1.60 bits per heavy atom. The molecule has 0 bridgehead atoms.